The molecule has 0 unspecified atom stereocenters. The maximum absolute atomic E-state index is 10.7. The van der Waals surface area contributed by atoms with Crippen molar-refractivity contribution in [1.29, 1.82) is 0 Å². The molecule has 8 aromatic rings. The van der Waals surface area contributed by atoms with Gasteiger partial charge in [-0.15, -0.1) is 0 Å². The summed E-state index contributed by atoms with van der Waals surface area (Å²) in [5, 5.41) is 0. The second kappa shape index (κ2) is 55.8. The fraction of sp³-hybridized carbons (Fsp3) is 0.359. The zero-order valence-corrected chi connectivity index (χ0v) is 69.8. The average Bonchev–Trinajstić information content (AvgIpc) is 0.891. The van der Waals surface area contributed by atoms with Crippen LogP contribution in [0.1, 0.15) is 92.6 Å². The van der Waals surface area contributed by atoms with Crippen molar-refractivity contribution in [2.75, 3.05) is 133 Å². The molecule has 0 radical (unpaired) electrons. The molecule has 1 saturated carbocycles. The Morgan fingerprint density at radius 2 is 0.579 bits per heavy atom. The third-order valence-corrected chi connectivity index (χ3v) is 22.1. The number of nitrogens with one attached hydrogen (secondary N) is 1. The van der Waals surface area contributed by atoms with Crippen LogP contribution in [0, 0.1) is 13.8 Å². The Balaban J connectivity index is 0.000000488. The van der Waals surface area contributed by atoms with Crippen molar-refractivity contribution in [3.05, 3.63) is 240 Å². The lowest BCUT2D eigenvalue weighted by molar-refractivity contribution is -0.671. The SMILES string of the molecule is C1CCCCC1.CN(CCSSCCN(C)c1ccc(/C=C/c2cc[n+](C)cc2)cc1)c1ccc(/C=C/c2cc[n+](C)cc2)cc1.CN(CCSSCCN(C)c1ccc(C=O)cc1)c1ccc(C=O)cc1.COS(=O)(=O)O.COS(=O)(=O)OC.COS(=O)(=O)OC.Cc1cc[n+](C)cc1.Cc1cc[nH+]cc1. The number of carbonyl (C=O) groups is 2. The first-order chi connectivity index (χ1) is 51.1. The van der Waals surface area contributed by atoms with Crippen molar-refractivity contribution >= 4 is 134 Å². The molecule has 0 atom stereocenters. The molecule has 584 valence electrons. The molecule has 1 aliphatic carbocycles. The van der Waals surface area contributed by atoms with Crippen LogP contribution >= 0.6 is 43.2 Å². The minimum atomic E-state index is -4.16. The van der Waals surface area contributed by atoms with Crippen molar-refractivity contribution in [2.24, 2.45) is 21.1 Å². The van der Waals surface area contributed by atoms with E-state index in [9.17, 15) is 34.8 Å². The summed E-state index contributed by atoms with van der Waals surface area (Å²) in [5.41, 5.74) is 13.6. The number of aldehydes is 2. The number of aromatic amines is 1. The van der Waals surface area contributed by atoms with Gasteiger partial charge in [0.05, 0.1) is 35.5 Å². The van der Waals surface area contributed by atoms with Crippen LogP contribution in [0.25, 0.3) is 24.3 Å². The highest BCUT2D eigenvalue weighted by molar-refractivity contribution is 8.77. The molecular formula is C78H110N8O14S7+4. The van der Waals surface area contributed by atoms with Gasteiger partial charge in [0, 0.05) is 160 Å². The molecule has 0 spiro atoms. The second-order valence-corrected chi connectivity index (χ2v) is 33.2. The number of pyridine rings is 4. The van der Waals surface area contributed by atoms with Gasteiger partial charge in [0.2, 0.25) is 0 Å². The largest absolute Gasteiger partial charge is 0.399 e. The summed E-state index contributed by atoms with van der Waals surface area (Å²) in [4.78, 5) is 33.4. The number of H-pyrrole nitrogens is 1. The molecule has 4 heterocycles. The number of aryl methyl sites for hydroxylation is 5. The molecule has 4 aromatic carbocycles. The predicted molar refractivity (Wildman–Crippen MR) is 445 cm³/mol. The van der Waals surface area contributed by atoms with Gasteiger partial charge < -0.3 is 19.6 Å². The summed E-state index contributed by atoms with van der Waals surface area (Å²) in [7, 11) is 15.7. The summed E-state index contributed by atoms with van der Waals surface area (Å²) in [6.07, 6.45) is 35.5. The van der Waals surface area contributed by atoms with E-state index >= 15 is 0 Å². The number of rotatable bonds is 29. The van der Waals surface area contributed by atoms with Crippen LogP contribution in [0.5, 0.6) is 0 Å². The number of carbonyl (C=O) groups excluding carboxylic acids is 2. The van der Waals surface area contributed by atoms with E-state index in [1.165, 1.54) is 83.3 Å². The van der Waals surface area contributed by atoms with Crippen LogP contribution in [0.15, 0.2) is 195 Å². The van der Waals surface area contributed by atoms with E-state index in [2.05, 4.69) is 222 Å². The van der Waals surface area contributed by atoms with Gasteiger partial charge in [-0.2, -0.15) is 25.3 Å². The van der Waals surface area contributed by atoms with Crippen molar-refractivity contribution < 1.29 is 79.0 Å². The molecule has 29 heteroatoms. The predicted octanol–water partition coefficient (Wildman–Crippen LogP) is 13.3. The Kier molecular flexibility index (Phi) is 49.9. The third-order valence-electron chi connectivity index (χ3n) is 15.3. The van der Waals surface area contributed by atoms with Gasteiger partial charge in [0.25, 0.3) is 0 Å². The molecule has 0 amide bonds. The molecule has 22 nitrogen and oxygen atoms in total. The molecule has 4 aromatic heterocycles. The quantitative estimate of drug-likeness (QED) is 0.0151. The number of anilines is 4. The van der Waals surface area contributed by atoms with E-state index < -0.39 is 31.2 Å². The topological polar surface area (TPSA) is 242 Å². The fourth-order valence-corrected chi connectivity index (χ4v) is 13.1. The number of hydrogen-bond donors (Lipinski definition) is 1. The van der Waals surface area contributed by atoms with E-state index in [-0.39, 0.29) is 0 Å². The van der Waals surface area contributed by atoms with Crippen LogP contribution in [0.2, 0.25) is 0 Å². The molecule has 1 fully saturated rings. The van der Waals surface area contributed by atoms with Crippen molar-refractivity contribution in [2.45, 2.75) is 52.4 Å². The Labute approximate surface area is 654 Å². The lowest BCUT2D eigenvalue weighted by Crippen LogP contribution is -2.25. The van der Waals surface area contributed by atoms with Crippen LogP contribution in [0.4, 0.5) is 22.7 Å². The van der Waals surface area contributed by atoms with E-state index in [4.69, 9.17) is 4.55 Å². The van der Waals surface area contributed by atoms with E-state index in [0.29, 0.717) is 11.1 Å². The van der Waals surface area contributed by atoms with Crippen LogP contribution in [0.3, 0.4) is 0 Å². The molecule has 107 heavy (non-hydrogen) atoms. The van der Waals surface area contributed by atoms with Crippen LogP contribution in [-0.4, -0.2) is 155 Å². The minimum Gasteiger partial charge on any atom is -0.374 e. The molecular weight excluding hydrogens is 1500 g/mol. The number of aromatic nitrogens is 4. The molecule has 2 N–H and O–H groups in total. The molecule has 9 rings (SSSR count). The summed E-state index contributed by atoms with van der Waals surface area (Å²) in [6.45, 7) is 8.12. The third kappa shape index (κ3) is 47.1. The van der Waals surface area contributed by atoms with Gasteiger partial charge in [0.15, 0.2) is 49.6 Å². The lowest BCUT2D eigenvalue weighted by atomic mass is 10.0. The van der Waals surface area contributed by atoms with Gasteiger partial charge in [-0.1, -0.05) is 130 Å². The highest BCUT2D eigenvalue weighted by atomic mass is 33.1. The Morgan fingerprint density at radius 1 is 0.364 bits per heavy atom. The van der Waals surface area contributed by atoms with E-state index in [0.717, 1.165) is 109 Å². The molecule has 0 saturated heterocycles. The van der Waals surface area contributed by atoms with Crippen molar-refractivity contribution in [3.63, 3.8) is 0 Å². The first kappa shape index (κ1) is 95.6. The molecule has 1 aliphatic rings. The maximum atomic E-state index is 10.7. The Morgan fingerprint density at radius 3 is 0.766 bits per heavy atom. The monoisotopic (exact) mass is 1610 g/mol. The summed E-state index contributed by atoms with van der Waals surface area (Å²) in [6, 6.07) is 49.6. The van der Waals surface area contributed by atoms with Crippen LogP contribution < -0.4 is 38.3 Å². The van der Waals surface area contributed by atoms with Crippen LogP contribution in [-0.2, 0) is 73.3 Å². The maximum Gasteiger partial charge on any atom is 0.399 e. The number of hydrogen-bond acceptors (Lipinski definition) is 21. The summed E-state index contributed by atoms with van der Waals surface area (Å²) >= 11 is 0. The average molecular weight is 1610 g/mol. The number of nitrogens with zero attached hydrogens (tertiary/aromatic N) is 7. The zero-order valence-electron chi connectivity index (χ0n) is 64.1. The fourth-order valence-electron chi connectivity index (χ4n) is 8.62. The highest BCUT2D eigenvalue weighted by Gasteiger charge is 2.08. The van der Waals surface area contributed by atoms with Crippen molar-refractivity contribution in [1.82, 2.24) is 0 Å². The normalized spacial score (nSPS) is 11.6. The van der Waals surface area contributed by atoms with Gasteiger partial charge >= 0.3 is 31.2 Å². The van der Waals surface area contributed by atoms with Gasteiger partial charge in [0.1, 0.15) is 33.7 Å². The lowest BCUT2D eigenvalue weighted by Gasteiger charge is -2.20. The molecule has 0 bridgehead atoms. The minimum absolute atomic E-state index is 0.706. The van der Waals surface area contributed by atoms with Crippen molar-refractivity contribution in [3.8, 4) is 0 Å². The summed E-state index contributed by atoms with van der Waals surface area (Å²) in [5.74, 6) is 4.26. The van der Waals surface area contributed by atoms with E-state index in [1.807, 2.05) is 163 Å². The first-order valence-corrected chi connectivity index (χ1v) is 43.1. The zero-order chi connectivity index (χ0) is 79.3. The molecule has 0 aliphatic heterocycles. The Bertz CT molecular complexity index is 3830. The standard InChI is InChI=1S/C34H40N4S2.C20H24N2O2S2.C7H10N.C6H7N.C6H12.2C2H6O4S.CH4O4S/c1-35-21-17-31(18-22-35)7-5-29-9-13-33(14-10-29)37(3)25-27-39-40-28-26-38(4)34-15-11-30(12-16-34)6-8-32-19-23-36(2)24-20-32;1-21(19-7-3-17(15-23)4-8-19)11-13-25-26-14-12-22(2)20-9-5-18(16-24)6-10-20;1-7-3-5-8(2)6-4-7;1-6-2-4-7-5-3-6;1-2-4-6-5-3-1;2*1-5-7(3,4)6-2;1-5-6(2,3)4/h5-24H,25-28H2,1-4H3;3-10,15-16H,11-14H2,1-2H3;3-6H,1-2H3;2-5H,1H3;1-6H2;2*1-2H3;1H3,(H,2,3,4)/q+2;;+1;;;;;/p+1. The smallest absolute Gasteiger partial charge is 0.374 e. The van der Waals surface area contributed by atoms with Gasteiger partial charge in [-0.3, -0.25) is 35.1 Å². The number of benzene rings is 4. The Hall–Kier alpha value is -7.49. The van der Waals surface area contributed by atoms with Gasteiger partial charge in [-0.05, 0) is 120 Å². The van der Waals surface area contributed by atoms with Gasteiger partial charge in [-0.25, -0.2) is 18.7 Å². The second-order valence-electron chi connectivity index (χ2n) is 23.7. The first-order valence-electron chi connectivity index (χ1n) is 34.1. The summed E-state index contributed by atoms with van der Waals surface area (Å²) < 4.78 is 90.9. The van der Waals surface area contributed by atoms with E-state index in [1.54, 1.807) is 0 Å². The highest BCUT2D eigenvalue weighted by Crippen LogP contribution is 2.26.